The van der Waals surface area contributed by atoms with Crippen molar-refractivity contribution in [1.82, 2.24) is 10.9 Å². The molecule has 2 amide bonds. The van der Waals surface area contributed by atoms with Crippen LogP contribution in [0.5, 0.6) is 0 Å². The summed E-state index contributed by atoms with van der Waals surface area (Å²) >= 11 is 6.58. The Morgan fingerprint density at radius 2 is 2.14 bits per heavy atom. The lowest BCUT2D eigenvalue weighted by Gasteiger charge is -2.02. The van der Waals surface area contributed by atoms with Gasteiger partial charge in [-0.3, -0.25) is 20.4 Å². The van der Waals surface area contributed by atoms with Gasteiger partial charge in [-0.1, -0.05) is 0 Å². The summed E-state index contributed by atoms with van der Waals surface area (Å²) in [5.41, 5.74) is 4.43. The van der Waals surface area contributed by atoms with Crippen LogP contribution < -0.4 is 10.9 Å². The standard InChI is InChI=1S/C8H9ClN2O2S/c1-5-2-3-6(14-5)8(13)11-10-7(12)4-9/h2-3H,4H2,1H3,(H,10,12)(H,11,13). The molecule has 0 spiro atoms. The van der Waals surface area contributed by atoms with E-state index in [1.54, 1.807) is 6.07 Å². The number of hydrogen-bond donors (Lipinski definition) is 2. The highest BCUT2D eigenvalue weighted by atomic mass is 35.5. The van der Waals surface area contributed by atoms with E-state index in [1.165, 1.54) is 11.3 Å². The first kappa shape index (κ1) is 11.0. The van der Waals surface area contributed by atoms with Crippen LogP contribution >= 0.6 is 22.9 Å². The van der Waals surface area contributed by atoms with Crippen LogP contribution in [0, 0.1) is 6.92 Å². The molecule has 0 aliphatic rings. The molecular weight excluding hydrogens is 224 g/mol. The Morgan fingerprint density at radius 1 is 1.43 bits per heavy atom. The molecule has 0 fully saturated rings. The van der Waals surface area contributed by atoms with E-state index in [0.29, 0.717) is 4.88 Å². The van der Waals surface area contributed by atoms with Crippen LogP contribution in [0.1, 0.15) is 14.5 Å². The van der Waals surface area contributed by atoms with Crippen molar-refractivity contribution in [2.75, 3.05) is 5.88 Å². The van der Waals surface area contributed by atoms with Gasteiger partial charge in [-0.25, -0.2) is 0 Å². The third-order valence-corrected chi connectivity index (χ3v) is 2.64. The Hall–Kier alpha value is -1.07. The molecule has 0 radical (unpaired) electrons. The zero-order valence-electron chi connectivity index (χ0n) is 7.46. The average Bonchev–Trinajstić information content (AvgIpc) is 2.60. The van der Waals surface area contributed by atoms with Gasteiger partial charge in [-0.2, -0.15) is 0 Å². The second-order valence-electron chi connectivity index (χ2n) is 2.55. The Bertz CT molecular complexity index is 351. The molecule has 0 saturated heterocycles. The molecule has 1 rings (SSSR count). The van der Waals surface area contributed by atoms with Gasteiger partial charge in [-0.15, -0.1) is 22.9 Å². The summed E-state index contributed by atoms with van der Waals surface area (Å²) in [7, 11) is 0. The molecule has 0 bridgehead atoms. The van der Waals surface area contributed by atoms with E-state index in [0.717, 1.165) is 4.88 Å². The van der Waals surface area contributed by atoms with Gasteiger partial charge >= 0.3 is 0 Å². The summed E-state index contributed by atoms with van der Waals surface area (Å²) < 4.78 is 0. The summed E-state index contributed by atoms with van der Waals surface area (Å²) in [5.74, 6) is -0.945. The number of hydrazine groups is 1. The second kappa shape index (κ2) is 4.97. The highest BCUT2D eigenvalue weighted by molar-refractivity contribution is 7.13. The van der Waals surface area contributed by atoms with Gasteiger partial charge in [0.2, 0.25) is 0 Å². The maximum absolute atomic E-state index is 11.3. The van der Waals surface area contributed by atoms with E-state index in [2.05, 4.69) is 10.9 Å². The van der Waals surface area contributed by atoms with E-state index >= 15 is 0 Å². The van der Waals surface area contributed by atoms with Gasteiger partial charge in [0.15, 0.2) is 0 Å². The Morgan fingerprint density at radius 3 is 2.64 bits per heavy atom. The maximum atomic E-state index is 11.3. The lowest BCUT2D eigenvalue weighted by atomic mass is 10.4. The minimum atomic E-state index is -0.437. The monoisotopic (exact) mass is 232 g/mol. The smallest absolute Gasteiger partial charge is 0.272 e. The van der Waals surface area contributed by atoms with Gasteiger partial charge in [-0.05, 0) is 19.1 Å². The largest absolute Gasteiger partial charge is 0.279 e. The number of aryl methyl sites for hydroxylation is 1. The van der Waals surface area contributed by atoms with Crippen molar-refractivity contribution in [3.05, 3.63) is 21.9 Å². The van der Waals surface area contributed by atoms with Gasteiger partial charge < -0.3 is 0 Å². The predicted octanol–water partition coefficient (Wildman–Crippen LogP) is 1.06. The van der Waals surface area contributed by atoms with Gasteiger partial charge in [0.05, 0.1) is 4.88 Å². The van der Waals surface area contributed by atoms with Crippen LogP contribution in [-0.4, -0.2) is 17.7 Å². The molecule has 76 valence electrons. The Kier molecular flexibility index (Phi) is 3.91. The van der Waals surface area contributed by atoms with Crippen molar-refractivity contribution in [2.24, 2.45) is 0 Å². The fraction of sp³-hybridized carbons (Fsp3) is 0.250. The van der Waals surface area contributed by atoms with Crippen LogP contribution in [0.25, 0.3) is 0 Å². The molecule has 0 saturated carbocycles. The van der Waals surface area contributed by atoms with Crippen LogP contribution in [-0.2, 0) is 4.79 Å². The number of amides is 2. The van der Waals surface area contributed by atoms with Crippen molar-refractivity contribution in [3.63, 3.8) is 0 Å². The summed E-state index contributed by atoms with van der Waals surface area (Å²) in [4.78, 5) is 23.6. The van der Waals surface area contributed by atoms with E-state index in [1.807, 2.05) is 13.0 Å². The fourth-order valence-corrected chi connectivity index (χ4v) is 1.61. The lowest BCUT2D eigenvalue weighted by Crippen LogP contribution is -2.41. The molecule has 4 nitrogen and oxygen atoms in total. The molecular formula is C8H9ClN2O2S. The number of nitrogens with one attached hydrogen (secondary N) is 2. The van der Waals surface area contributed by atoms with Crippen LogP contribution in [0.2, 0.25) is 0 Å². The summed E-state index contributed by atoms with van der Waals surface area (Å²) in [6.07, 6.45) is 0. The summed E-state index contributed by atoms with van der Waals surface area (Å²) in [5, 5.41) is 0. The number of thiophene rings is 1. The number of carbonyl (C=O) groups excluding carboxylic acids is 2. The predicted molar refractivity (Wildman–Crippen MR) is 55.4 cm³/mol. The van der Waals surface area contributed by atoms with Crippen LogP contribution in [0.15, 0.2) is 12.1 Å². The SMILES string of the molecule is Cc1ccc(C(=O)NNC(=O)CCl)s1. The van der Waals surface area contributed by atoms with E-state index in [-0.39, 0.29) is 11.8 Å². The van der Waals surface area contributed by atoms with E-state index in [4.69, 9.17) is 11.6 Å². The van der Waals surface area contributed by atoms with Gasteiger partial charge in [0.25, 0.3) is 11.8 Å². The topological polar surface area (TPSA) is 58.2 Å². The van der Waals surface area contributed by atoms with Crippen molar-refractivity contribution in [3.8, 4) is 0 Å². The highest BCUT2D eigenvalue weighted by Gasteiger charge is 2.08. The van der Waals surface area contributed by atoms with Crippen molar-refractivity contribution < 1.29 is 9.59 Å². The average molecular weight is 233 g/mol. The van der Waals surface area contributed by atoms with E-state index in [9.17, 15) is 9.59 Å². The number of carbonyl (C=O) groups is 2. The zero-order chi connectivity index (χ0) is 10.6. The lowest BCUT2D eigenvalue weighted by molar-refractivity contribution is -0.119. The molecule has 0 unspecified atom stereocenters. The first-order chi connectivity index (χ1) is 6.63. The number of rotatable bonds is 2. The molecule has 1 aromatic heterocycles. The third-order valence-electron chi connectivity index (χ3n) is 1.40. The summed E-state index contributed by atoms with van der Waals surface area (Å²) in [6, 6.07) is 3.53. The molecule has 1 heterocycles. The first-order valence-electron chi connectivity index (χ1n) is 3.85. The number of alkyl halides is 1. The summed E-state index contributed by atoms with van der Waals surface area (Å²) in [6.45, 7) is 1.90. The van der Waals surface area contributed by atoms with Crippen molar-refractivity contribution >= 4 is 34.8 Å². The van der Waals surface area contributed by atoms with Crippen LogP contribution in [0.4, 0.5) is 0 Å². The quantitative estimate of drug-likeness (QED) is 0.592. The molecule has 14 heavy (non-hydrogen) atoms. The molecule has 0 aliphatic carbocycles. The Balaban J connectivity index is 2.47. The molecule has 6 heteroatoms. The Labute approximate surface area is 90.2 Å². The normalized spacial score (nSPS) is 9.57. The third kappa shape index (κ3) is 3.01. The van der Waals surface area contributed by atoms with Gasteiger partial charge in [0.1, 0.15) is 5.88 Å². The molecule has 2 N–H and O–H groups in total. The number of halogens is 1. The molecule has 0 aliphatic heterocycles. The highest BCUT2D eigenvalue weighted by Crippen LogP contribution is 2.14. The molecule has 0 aromatic carbocycles. The van der Waals surface area contributed by atoms with Gasteiger partial charge in [0, 0.05) is 4.88 Å². The molecule has 1 aromatic rings. The maximum Gasteiger partial charge on any atom is 0.279 e. The van der Waals surface area contributed by atoms with Crippen LogP contribution in [0.3, 0.4) is 0 Å². The minimum Gasteiger partial charge on any atom is -0.272 e. The zero-order valence-corrected chi connectivity index (χ0v) is 9.04. The second-order valence-corrected chi connectivity index (χ2v) is 4.10. The minimum absolute atomic E-state index is 0.177. The fourth-order valence-electron chi connectivity index (χ4n) is 0.778. The van der Waals surface area contributed by atoms with Crippen molar-refractivity contribution in [1.29, 1.82) is 0 Å². The molecule has 0 atom stereocenters. The number of hydrogen-bond acceptors (Lipinski definition) is 3. The van der Waals surface area contributed by atoms with Crippen molar-refractivity contribution in [2.45, 2.75) is 6.92 Å². The first-order valence-corrected chi connectivity index (χ1v) is 5.20. The van der Waals surface area contributed by atoms with E-state index < -0.39 is 5.91 Å².